The van der Waals surface area contributed by atoms with E-state index in [1.807, 2.05) is 11.8 Å². The predicted molar refractivity (Wildman–Crippen MR) is 118 cm³/mol. The third-order valence-electron chi connectivity index (χ3n) is 4.69. The summed E-state index contributed by atoms with van der Waals surface area (Å²) in [6.45, 7) is 10.4. The number of hydrogen-bond acceptors (Lipinski definition) is 4. The van der Waals surface area contributed by atoms with Crippen molar-refractivity contribution in [3.63, 3.8) is 0 Å². The van der Waals surface area contributed by atoms with Gasteiger partial charge in [0.25, 0.3) is 0 Å². The van der Waals surface area contributed by atoms with Gasteiger partial charge in [-0.1, -0.05) is 6.92 Å². The molecule has 2 aliphatic rings. The van der Waals surface area contributed by atoms with Gasteiger partial charge in [0, 0.05) is 44.7 Å². The van der Waals surface area contributed by atoms with Gasteiger partial charge in [-0.2, -0.15) is 11.8 Å². The van der Waals surface area contributed by atoms with Crippen LogP contribution in [0.25, 0.3) is 0 Å². The van der Waals surface area contributed by atoms with E-state index in [2.05, 4.69) is 31.1 Å². The first-order chi connectivity index (χ1) is 11.7. The predicted octanol–water partition coefficient (Wildman–Crippen LogP) is 3.23. The molecule has 0 radical (unpaired) electrons. The van der Waals surface area contributed by atoms with Crippen LogP contribution in [0.5, 0.6) is 0 Å². The third kappa shape index (κ3) is 8.67. The molecule has 1 saturated heterocycles. The van der Waals surface area contributed by atoms with Crippen molar-refractivity contribution >= 4 is 41.7 Å². The van der Waals surface area contributed by atoms with Crippen LogP contribution in [0, 0.1) is 5.92 Å². The van der Waals surface area contributed by atoms with Crippen LogP contribution in [0.15, 0.2) is 4.99 Å². The number of nitrogens with one attached hydrogen (secondary N) is 1. The van der Waals surface area contributed by atoms with E-state index in [0.29, 0.717) is 0 Å². The highest BCUT2D eigenvalue weighted by molar-refractivity contribution is 14.0. The molecule has 0 aromatic carbocycles. The number of aliphatic imine (C=N–C) groups is 1. The van der Waals surface area contributed by atoms with Crippen molar-refractivity contribution in [1.82, 2.24) is 10.2 Å². The second-order valence-corrected chi connectivity index (χ2v) is 8.57. The van der Waals surface area contributed by atoms with Crippen molar-refractivity contribution in [2.75, 3.05) is 58.9 Å². The number of ether oxygens (including phenoxy) is 2. The Morgan fingerprint density at radius 3 is 2.64 bits per heavy atom. The lowest BCUT2D eigenvalue weighted by Gasteiger charge is -2.35. The van der Waals surface area contributed by atoms with Crippen LogP contribution in [0.2, 0.25) is 0 Å². The lowest BCUT2D eigenvalue weighted by Crippen LogP contribution is -2.43. The number of guanidine groups is 1. The van der Waals surface area contributed by atoms with Crippen LogP contribution in [0.3, 0.4) is 0 Å². The number of rotatable bonds is 10. The maximum Gasteiger partial charge on any atom is 0.193 e. The molecule has 7 heteroatoms. The molecule has 0 aromatic rings. The summed E-state index contributed by atoms with van der Waals surface area (Å²) in [6.07, 6.45) is 4.90. The number of nitrogens with zero attached hydrogens (tertiary/aromatic N) is 2. The second kappa shape index (κ2) is 12.6. The van der Waals surface area contributed by atoms with Crippen LogP contribution in [-0.2, 0) is 9.47 Å². The van der Waals surface area contributed by atoms with Gasteiger partial charge in [0.05, 0.1) is 13.2 Å². The van der Waals surface area contributed by atoms with Crippen LogP contribution in [0.4, 0.5) is 0 Å². The Balaban J connectivity index is 0.00000312. The highest BCUT2D eigenvalue weighted by atomic mass is 127. The maximum atomic E-state index is 5.76. The van der Waals surface area contributed by atoms with Gasteiger partial charge in [0.15, 0.2) is 5.96 Å². The summed E-state index contributed by atoms with van der Waals surface area (Å²) in [7, 11) is 2.10. The molecule has 1 N–H and O–H groups in total. The van der Waals surface area contributed by atoms with E-state index in [1.54, 1.807) is 0 Å². The van der Waals surface area contributed by atoms with Crippen LogP contribution in [0.1, 0.15) is 39.5 Å². The first-order valence-electron chi connectivity index (χ1n) is 9.48. The Morgan fingerprint density at radius 2 is 2.04 bits per heavy atom. The van der Waals surface area contributed by atoms with E-state index in [1.165, 1.54) is 12.8 Å². The van der Waals surface area contributed by atoms with E-state index in [-0.39, 0.29) is 28.7 Å². The molecule has 0 atom stereocenters. The van der Waals surface area contributed by atoms with Gasteiger partial charge in [-0.3, -0.25) is 4.99 Å². The molecule has 148 valence electrons. The monoisotopic (exact) mass is 485 g/mol. The summed E-state index contributed by atoms with van der Waals surface area (Å²) in [5, 5.41) is 3.42. The second-order valence-electron chi connectivity index (χ2n) is 6.84. The van der Waals surface area contributed by atoms with E-state index < -0.39 is 0 Å². The highest BCUT2D eigenvalue weighted by Gasteiger charge is 2.32. The molecule has 5 nitrogen and oxygen atoms in total. The van der Waals surface area contributed by atoms with Crippen molar-refractivity contribution in [2.45, 2.75) is 44.3 Å². The molecule has 0 spiro atoms. The molecule has 0 unspecified atom stereocenters. The Morgan fingerprint density at radius 1 is 1.32 bits per heavy atom. The van der Waals surface area contributed by atoms with E-state index in [0.717, 1.165) is 76.5 Å². The van der Waals surface area contributed by atoms with Crippen molar-refractivity contribution in [3.05, 3.63) is 0 Å². The molecule has 25 heavy (non-hydrogen) atoms. The number of halogens is 1. The molecular formula is C18H36IN3O2S. The van der Waals surface area contributed by atoms with E-state index >= 15 is 0 Å². The summed E-state index contributed by atoms with van der Waals surface area (Å²) in [6, 6.07) is 0. The van der Waals surface area contributed by atoms with E-state index in [9.17, 15) is 0 Å². The summed E-state index contributed by atoms with van der Waals surface area (Å²) >= 11 is 2.05. The summed E-state index contributed by atoms with van der Waals surface area (Å²) in [5.41, 5.74) is 0. The Labute approximate surface area is 175 Å². The van der Waals surface area contributed by atoms with Gasteiger partial charge in [0.2, 0.25) is 0 Å². The molecule has 1 saturated carbocycles. The first-order valence-corrected chi connectivity index (χ1v) is 10.5. The number of hydrogen-bond donors (Lipinski definition) is 1. The fourth-order valence-corrected chi connectivity index (χ4v) is 4.15. The molecule has 2 fully saturated rings. The lowest BCUT2D eigenvalue weighted by atomic mass is 9.99. The van der Waals surface area contributed by atoms with E-state index in [4.69, 9.17) is 14.5 Å². The maximum absolute atomic E-state index is 5.76. The zero-order valence-electron chi connectivity index (χ0n) is 16.1. The van der Waals surface area contributed by atoms with Crippen molar-refractivity contribution in [1.29, 1.82) is 0 Å². The summed E-state index contributed by atoms with van der Waals surface area (Å²) in [4.78, 5) is 7.15. The van der Waals surface area contributed by atoms with Crippen LogP contribution in [-0.4, -0.2) is 74.5 Å². The van der Waals surface area contributed by atoms with Crippen molar-refractivity contribution < 1.29 is 9.47 Å². The fraction of sp³-hybridized carbons (Fsp3) is 0.944. The van der Waals surface area contributed by atoms with Crippen molar-refractivity contribution in [2.24, 2.45) is 10.9 Å². The van der Waals surface area contributed by atoms with Gasteiger partial charge in [0.1, 0.15) is 0 Å². The van der Waals surface area contributed by atoms with Crippen molar-refractivity contribution in [3.8, 4) is 0 Å². The SMILES string of the molecule is CCNC(=NCC1(SCC)CCOCC1)N(C)CCOCC1CC1.I. The van der Waals surface area contributed by atoms with Gasteiger partial charge >= 0.3 is 0 Å². The molecule has 1 aliphatic heterocycles. The number of likely N-dealkylation sites (N-methyl/N-ethyl adjacent to an activating group) is 1. The zero-order chi connectivity index (χ0) is 17.3. The molecular weight excluding hydrogens is 449 g/mol. The molecule has 1 heterocycles. The third-order valence-corrected chi connectivity index (χ3v) is 6.13. The van der Waals surface area contributed by atoms with Gasteiger partial charge in [-0.05, 0) is 44.3 Å². The minimum absolute atomic E-state index is 0. The fourth-order valence-electron chi connectivity index (χ4n) is 2.93. The van der Waals surface area contributed by atoms with Gasteiger partial charge < -0.3 is 19.7 Å². The molecule has 0 amide bonds. The Kier molecular flexibility index (Phi) is 11.8. The average Bonchev–Trinajstić information content (AvgIpc) is 3.41. The largest absolute Gasteiger partial charge is 0.381 e. The summed E-state index contributed by atoms with van der Waals surface area (Å²) in [5.74, 6) is 2.96. The topological polar surface area (TPSA) is 46.1 Å². The first kappa shape index (κ1) is 23.3. The Hall–Kier alpha value is 0.270. The summed E-state index contributed by atoms with van der Waals surface area (Å²) < 4.78 is 11.6. The van der Waals surface area contributed by atoms with Crippen LogP contribution < -0.4 is 5.32 Å². The molecule has 2 rings (SSSR count). The Bertz CT molecular complexity index is 383. The normalized spacial score (nSPS) is 20.0. The molecule has 1 aliphatic carbocycles. The highest BCUT2D eigenvalue weighted by Crippen LogP contribution is 2.35. The molecule has 0 bridgehead atoms. The molecule has 0 aromatic heterocycles. The van der Waals surface area contributed by atoms with Crippen LogP contribution >= 0.6 is 35.7 Å². The quantitative estimate of drug-likeness (QED) is 0.223. The number of thioether (sulfide) groups is 1. The van der Waals surface area contributed by atoms with Gasteiger partial charge in [-0.15, -0.1) is 24.0 Å². The van der Waals surface area contributed by atoms with Gasteiger partial charge in [-0.25, -0.2) is 0 Å². The zero-order valence-corrected chi connectivity index (χ0v) is 19.2. The standard InChI is InChI=1S/C18H35N3O2S.HI/c1-4-19-17(21(3)10-13-23-14-16-6-7-16)20-15-18(24-5-2)8-11-22-12-9-18;/h16H,4-15H2,1-3H3,(H,19,20);1H. The smallest absolute Gasteiger partial charge is 0.193 e. The average molecular weight is 485 g/mol. The minimum atomic E-state index is 0. The minimum Gasteiger partial charge on any atom is -0.381 e. The lowest BCUT2D eigenvalue weighted by molar-refractivity contribution is 0.0792.